The fourth-order valence-electron chi connectivity index (χ4n) is 14.0. The number of nitrogens with zero attached hydrogens (tertiary/aromatic N) is 12. The number of hydrogen-bond donors (Lipinski definition) is 2. The van der Waals surface area contributed by atoms with Crippen molar-refractivity contribution in [3.05, 3.63) is 172 Å². The fourth-order valence-corrected chi connectivity index (χ4v) is 14.2. The van der Waals surface area contributed by atoms with E-state index in [-0.39, 0.29) is 76.9 Å². The highest BCUT2D eigenvalue weighted by atomic mass is 35.5. The van der Waals surface area contributed by atoms with E-state index in [4.69, 9.17) is 35.4 Å². The molecule has 0 radical (unpaired) electrons. The minimum Gasteiger partial charge on any atom is -0.399 e. The molecule has 0 unspecified atom stereocenters. The van der Waals surface area contributed by atoms with Crippen molar-refractivity contribution < 1.29 is 46.6 Å². The van der Waals surface area contributed by atoms with Gasteiger partial charge >= 0.3 is 7.12 Å². The van der Waals surface area contributed by atoms with E-state index in [2.05, 4.69) is 83.0 Å². The average molecular weight is 1190 g/mol. The predicted molar refractivity (Wildman–Crippen MR) is 305 cm³/mol. The van der Waals surface area contributed by atoms with E-state index in [0.717, 1.165) is 65.0 Å². The molecule has 6 aromatic heterocycles. The maximum absolute atomic E-state index is 14.5. The standard InChI is InChI=1S/C28H24F2N6O2.C21H17ClF2N4.C13H19BN2O4/c1-26(2)17-6-8-28(26,23-16(17)10-20(35-36-23)22-18(29)4-3-5-19(22)30)21-7-9-31-24(34-21)15-11-32-25(33-12-15)27(37)13-38-14-27;1-20(2)12-6-8-21(20,16-7-9-25-19(22)26-16)18-11(12)10-15(27-28-18)17-13(23)4-3-5-14(17)24;1-11(2)12(3,4)20-14(19-11)9-5-15-10(16-6-9)13(17)7-18-8-13/h3-5,7,9-12,17,37H,6,8,13-14H2,1-2H3;3-5,7,9-10,12H,6,8H2,1-2H3;5-6,17H,7-8H2,1-4H3/t17-,28-;12-,21-;/m00./s1. The Labute approximate surface area is 498 Å². The minimum absolute atomic E-state index is 0.132. The molecular formula is C62H60BClF4N12O6. The molecule has 18 nitrogen and oxygen atoms in total. The van der Waals surface area contributed by atoms with Crippen molar-refractivity contribution >= 4 is 24.2 Å². The van der Waals surface area contributed by atoms with Crippen molar-refractivity contribution in [2.75, 3.05) is 26.4 Å². The Bertz CT molecular complexity index is 3940. The largest absolute Gasteiger partial charge is 0.498 e. The van der Waals surface area contributed by atoms with Gasteiger partial charge in [0, 0.05) is 42.6 Å². The van der Waals surface area contributed by atoms with Crippen LogP contribution < -0.4 is 5.46 Å². The van der Waals surface area contributed by atoms with Gasteiger partial charge in [0.2, 0.25) is 5.28 Å². The first-order valence-corrected chi connectivity index (χ1v) is 28.8. The minimum atomic E-state index is -1.15. The van der Waals surface area contributed by atoms with E-state index in [0.29, 0.717) is 23.0 Å². The van der Waals surface area contributed by atoms with Crippen molar-refractivity contribution in [1.29, 1.82) is 0 Å². The monoisotopic (exact) mass is 1190 g/mol. The molecule has 2 aromatic carbocycles. The van der Waals surface area contributed by atoms with E-state index >= 15 is 0 Å². The number of benzene rings is 2. The van der Waals surface area contributed by atoms with Gasteiger partial charge in [-0.3, -0.25) is 0 Å². The molecule has 86 heavy (non-hydrogen) atoms. The van der Waals surface area contributed by atoms with Gasteiger partial charge in [0.1, 0.15) is 23.3 Å². The lowest BCUT2D eigenvalue weighted by Gasteiger charge is -2.37. The molecule has 4 atom stereocenters. The topological polar surface area (TPSA) is 232 Å². The van der Waals surface area contributed by atoms with Crippen LogP contribution in [-0.4, -0.2) is 115 Å². The van der Waals surface area contributed by atoms with E-state index < -0.39 is 63.6 Å². The molecule has 3 aliphatic heterocycles. The van der Waals surface area contributed by atoms with Gasteiger partial charge in [0.05, 0.1) is 99.3 Å². The zero-order valence-corrected chi connectivity index (χ0v) is 49.2. The first kappa shape index (κ1) is 57.8. The summed E-state index contributed by atoms with van der Waals surface area (Å²) >= 11 is 6.07. The summed E-state index contributed by atoms with van der Waals surface area (Å²) in [5.41, 5.74) is 2.23. The maximum atomic E-state index is 14.5. The number of rotatable bonds is 8. The Hall–Kier alpha value is -7.25. The number of ether oxygens (including phenoxy) is 2. The summed E-state index contributed by atoms with van der Waals surface area (Å²) in [5.74, 6) is -1.14. The van der Waals surface area contributed by atoms with Crippen LogP contribution in [0.15, 0.2) is 97.8 Å². The van der Waals surface area contributed by atoms with E-state index in [1.54, 1.807) is 49.3 Å². The summed E-state index contributed by atoms with van der Waals surface area (Å²) in [5, 5.41) is 38.3. The van der Waals surface area contributed by atoms with Crippen LogP contribution in [0.2, 0.25) is 5.28 Å². The molecule has 2 N–H and O–H groups in total. The number of aliphatic hydroxyl groups is 2. The lowest BCUT2D eigenvalue weighted by Crippen LogP contribution is -2.48. The van der Waals surface area contributed by atoms with Gasteiger partial charge in [0.15, 0.2) is 28.7 Å². The second kappa shape index (κ2) is 20.4. The molecule has 0 amide bonds. The van der Waals surface area contributed by atoms with Crippen molar-refractivity contribution in [3.8, 4) is 33.9 Å². The Kier molecular flexibility index (Phi) is 13.7. The van der Waals surface area contributed by atoms with Crippen molar-refractivity contribution in [3.63, 3.8) is 0 Å². The molecule has 3 saturated heterocycles. The molecule has 442 valence electrons. The van der Waals surface area contributed by atoms with Gasteiger partial charge in [-0.05, 0) is 147 Å². The van der Waals surface area contributed by atoms with E-state index in [1.807, 2.05) is 39.8 Å². The molecule has 9 heterocycles. The van der Waals surface area contributed by atoms with Crippen LogP contribution in [0, 0.1) is 34.1 Å². The van der Waals surface area contributed by atoms with E-state index in [1.165, 1.54) is 36.4 Å². The van der Waals surface area contributed by atoms with Crippen molar-refractivity contribution in [1.82, 2.24) is 60.3 Å². The third-order valence-corrected chi connectivity index (χ3v) is 19.8. The fraction of sp³-hybridized carbons (Fsp3) is 0.419. The normalized spacial score (nSPS) is 24.8. The molecular weight excluding hydrogens is 1130 g/mol. The van der Waals surface area contributed by atoms with E-state index in [9.17, 15) is 27.8 Å². The molecule has 2 saturated carbocycles. The van der Waals surface area contributed by atoms with Gasteiger partial charge in [-0.2, -0.15) is 10.2 Å². The third-order valence-electron chi connectivity index (χ3n) is 19.7. The smallest absolute Gasteiger partial charge is 0.399 e. The van der Waals surface area contributed by atoms with Crippen molar-refractivity contribution in [2.45, 2.75) is 126 Å². The first-order chi connectivity index (χ1) is 40.8. The lowest BCUT2D eigenvalue weighted by molar-refractivity contribution is -0.189. The summed E-state index contributed by atoms with van der Waals surface area (Å²) in [6.07, 6.45) is 13.4. The summed E-state index contributed by atoms with van der Waals surface area (Å²) in [7, 11) is -0.485. The Balaban J connectivity index is 0.000000126. The summed E-state index contributed by atoms with van der Waals surface area (Å²) in [4.78, 5) is 35.0. The van der Waals surface area contributed by atoms with Crippen LogP contribution >= 0.6 is 11.6 Å². The first-order valence-electron chi connectivity index (χ1n) is 28.4. The van der Waals surface area contributed by atoms with Gasteiger partial charge in [0.25, 0.3) is 0 Å². The summed E-state index contributed by atoms with van der Waals surface area (Å²) in [6, 6.07) is 14.9. The molecule has 24 heteroatoms. The quantitative estimate of drug-likeness (QED) is 0.0820. The van der Waals surface area contributed by atoms with Crippen molar-refractivity contribution in [2.24, 2.45) is 10.8 Å². The van der Waals surface area contributed by atoms with Crippen LogP contribution in [0.4, 0.5) is 17.6 Å². The zero-order chi connectivity index (χ0) is 60.6. The Morgan fingerprint density at radius 3 is 1.37 bits per heavy atom. The highest BCUT2D eigenvalue weighted by molar-refractivity contribution is 6.61. The lowest BCUT2D eigenvalue weighted by atomic mass is 9.66. The van der Waals surface area contributed by atoms with Gasteiger partial charge in [-0.15, -0.1) is 10.2 Å². The molecule has 0 spiro atoms. The SMILES string of the molecule is CC1(C)OB(c2cnc(C3(O)COC3)nc2)OC1(C)C.CC1(C)[C@H]2CC[C@]1(c1ccnc(-c3cnc(C4(O)COC4)nc3)n1)c1nnc(-c3c(F)cccc3F)cc12.CC1(C)[C@H]2CC[C@]1(c1ccnc(Cl)n1)c1nnc(-c3c(F)cccc3F)cc12. The Morgan fingerprint density at radius 2 is 0.953 bits per heavy atom. The molecule has 4 aliphatic carbocycles. The number of fused-ring (bicyclic) bond motifs is 10. The van der Waals surface area contributed by atoms with Crippen LogP contribution in [0.1, 0.15) is 138 Å². The summed E-state index contributed by atoms with van der Waals surface area (Å²) in [6.45, 7) is 17.6. The molecule has 5 fully saturated rings. The Morgan fingerprint density at radius 1 is 0.535 bits per heavy atom. The van der Waals surface area contributed by atoms with Gasteiger partial charge in [-0.25, -0.2) is 57.4 Å². The third kappa shape index (κ3) is 8.80. The molecule has 4 bridgehead atoms. The van der Waals surface area contributed by atoms with Crippen LogP contribution in [0.25, 0.3) is 33.9 Å². The maximum Gasteiger partial charge on any atom is 0.498 e. The predicted octanol–water partition coefficient (Wildman–Crippen LogP) is 9.15. The molecule has 7 aliphatic rings. The highest BCUT2D eigenvalue weighted by Crippen LogP contribution is 2.71. The van der Waals surface area contributed by atoms with Crippen LogP contribution in [-0.2, 0) is 40.8 Å². The number of hydrogen-bond acceptors (Lipinski definition) is 18. The van der Waals surface area contributed by atoms with Gasteiger partial charge in [-0.1, -0.05) is 39.8 Å². The average Bonchev–Trinajstić information content (AvgIpc) is 1.53. The van der Waals surface area contributed by atoms with Gasteiger partial charge < -0.3 is 29.0 Å². The van der Waals surface area contributed by atoms with Crippen LogP contribution in [0.5, 0.6) is 0 Å². The second-order valence-electron chi connectivity index (χ2n) is 25.4. The molecule has 15 rings (SSSR count). The molecule has 8 aromatic rings. The zero-order valence-electron chi connectivity index (χ0n) is 48.4. The number of halogens is 5. The highest BCUT2D eigenvalue weighted by Gasteiger charge is 2.66. The number of aromatic nitrogens is 12. The van der Waals surface area contributed by atoms with Crippen LogP contribution in [0.3, 0.4) is 0 Å². The summed E-state index contributed by atoms with van der Waals surface area (Å²) < 4.78 is 79.6. The second-order valence-corrected chi connectivity index (χ2v) is 25.8.